The molecule has 0 amide bonds. The van der Waals surface area contributed by atoms with Crippen molar-refractivity contribution in [1.29, 1.82) is 5.26 Å². The third-order valence-electron chi connectivity index (χ3n) is 13.9. The smallest absolute Gasteiger partial charge is 0.388 e. The van der Waals surface area contributed by atoms with Crippen LogP contribution in [0.5, 0.6) is 0 Å². The second-order valence-corrected chi connectivity index (χ2v) is 16.7. The molecule has 8 heteroatoms. The van der Waals surface area contributed by atoms with Crippen LogP contribution < -0.4 is 0 Å². The summed E-state index contributed by atoms with van der Waals surface area (Å²) in [4.78, 5) is 10.1. The van der Waals surface area contributed by atoms with Crippen LogP contribution in [-0.2, 0) is 0 Å². The molecule has 11 unspecified atom stereocenters. The molecule has 0 aromatic heterocycles. The molecule has 11 atom stereocenters. The third kappa shape index (κ3) is 7.15. The molecule has 2 saturated heterocycles. The Hall–Kier alpha value is -1.69. The second kappa shape index (κ2) is 14.3. The molecule has 0 bridgehead atoms. The van der Waals surface area contributed by atoms with Crippen molar-refractivity contribution in [2.24, 2.45) is 46.4 Å². The molecular formula is C39H59F3N4O. The summed E-state index contributed by atoms with van der Waals surface area (Å²) in [6, 6.07) is 2.61. The first-order chi connectivity index (χ1) is 22.4. The maximum Gasteiger partial charge on any atom is 0.393 e. The Balaban J connectivity index is 1.12. The molecule has 6 rings (SSSR count). The van der Waals surface area contributed by atoms with Gasteiger partial charge in [-0.05, 0) is 145 Å². The fourth-order valence-corrected chi connectivity index (χ4v) is 11.1. The third-order valence-corrected chi connectivity index (χ3v) is 13.9. The molecular weight excluding hydrogens is 597 g/mol. The van der Waals surface area contributed by atoms with Crippen LogP contribution >= 0.6 is 0 Å². The summed E-state index contributed by atoms with van der Waals surface area (Å²) in [6.45, 7) is 14.9. The molecule has 3 heterocycles. The average molecular weight is 657 g/mol. The van der Waals surface area contributed by atoms with Crippen molar-refractivity contribution in [1.82, 2.24) is 9.80 Å². The summed E-state index contributed by atoms with van der Waals surface area (Å²) < 4.78 is 43.6. The molecule has 0 aromatic rings. The van der Waals surface area contributed by atoms with Gasteiger partial charge < -0.3 is 5.11 Å². The standard InChI is InChI=1S/C39H59F3N4O/c1-23-14-17-45(18-15-23)35-11-10-29(22-33(35)39(40,41)42)26(4)38(47)30-9-8-24(2)32(21-30)37-27(5)44-36-13-12-34(46(36)37)31-19-25(3)28(20-31)7-6-16-43/h23-24,29-38,47H,4,6-15,17-22H2,1-3,5H3. The Kier molecular flexibility index (Phi) is 10.7. The van der Waals surface area contributed by atoms with E-state index in [1.54, 1.807) is 0 Å². The summed E-state index contributed by atoms with van der Waals surface area (Å²) in [5.74, 6) is 0.395. The van der Waals surface area contributed by atoms with Gasteiger partial charge in [0.1, 0.15) is 6.17 Å². The Morgan fingerprint density at radius 1 is 1.00 bits per heavy atom. The quantitative estimate of drug-likeness (QED) is 0.266. The van der Waals surface area contributed by atoms with E-state index in [1.165, 1.54) is 16.9 Å². The average Bonchev–Trinajstić information content (AvgIpc) is 3.71. The first kappa shape index (κ1) is 35.1. The van der Waals surface area contributed by atoms with E-state index in [9.17, 15) is 18.3 Å². The number of aliphatic hydroxyl groups is 1. The van der Waals surface area contributed by atoms with Crippen molar-refractivity contribution < 1.29 is 18.3 Å². The molecule has 1 N–H and O–H groups in total. The van der Waals surface area contributed by atoms with E-state index in [4.69, 9.17) is 10.3 Å². The Bertz CT molecular complexity index is 1250. The van der Waals surface area contributed by atoms with E-state index in [-0.39, 0.29) is 30.5 Å². The molecule has 0 spiro atoms. The summed E-state index contributed by atoms with van der Waals surface area (Å²) in [7, 11) is 0. The number of rotatable bonds is 8. The summed E-state index contributed by atoms with van der Waals surface area (Å²) in [5, 5.41) is 21.0. The topological polar surface area (TPSA) is 62.9 Å². The fraction of sp³-hybridized carbons (Fsp3) is 0.846. The van der Waals surface area contributed by atoms with Gasteiger partial charge in [0.25, 0.3) is 0 Å². The lowest BCUT2D eigenvalue weighted by Gasteiger charge is -2.47. The van der Waals surface area contributed by atoms with Crippen molar-refractivity contribution in [3.05, 3.63) is 23.3 Å². The van der Waals surface area contributed by atoms with Gasteiger partial charge in [0.15, 0.2) is 0 Å². The Morgan fingerprint density at radius 3 is 2.43 bits per heavy atom. The zero-order chi connectivity index (χ0) is 33.6. The monoisotopic (exact) mass is 656 g/mol. The molecule has 3 aliphatic heterocycles. The summed E-state index contributed by atoms with van der Waals surface area (Å²) in [5.41, 5.74) is 4.82. The summed E-state index contributed by atoms with van der Waals surface area (Å²) in [6.07, 6.45) is 7.15. The normalized spacial score (nSPS) is 39.9. The maximum absolute atomic E-state index is 14.5. The van der Waals surface area contributed by atoms with Gasteiger partial charge in [-0.2, -0.15) is 18.4 Å². The number of alkyl halides is 3. The van der Waals surface area contributed by atoms with E-state index in [2.05, 4.69) is 50.1 Å². The van der Waals surface area contributed by atoms with E-state index in [0.717, 1.165) is 77.3 Å². The molecule has 3 aliphatic carbocycles. The number of allylic oxidation sites excluding steroid dienone is 2. The van der Waals surface area contributed by atoms with Gasteiger partial charge in [-0.15, -0.1) is 0 Å². The Labute approximate surface area is 281 Å². The highest BCUT2D eigenvalue weighted by molar-refractivity contribution is 5.89. The number of hydrogen-bond donors (Lipinski definition) is 1. The minimum atomic E-state index is -4.24. The molecule has 47 heavy (non-hydrogen) atoms. The number of likely N-dealkylation sites (tertiary alicyclic amines) is 1. The molecule has 262 valence electrons. The van der Waals surface area contributed by atoms with Crippen LogP contribution in [0.1, 0.15) is 118 Å². The van der Waals surface area contributed by atoms with Crippen LogP contribution in [0.2, 0.25) is 0 Å². The SMILES string of the molecule is C=C(C1CCC(N2CCC(C)CC2)C(C(F)(F)F)C1)C(O)C1CCC(C)C(C2C(C)=NC3CCC(C4CC(C)=C(CCC#N)C4)N32)C1. The Morgan fingerprint density at radius 2 is 1.72 bits per heavy atom. The van der Waals surface area contributed by atoms with E-state index >= 15 is 0 Å². The number of hydrogen-bond acceptors (Lipinski definition) is 5. The molecule has 4 fully saturated rings. The number of piperidine rings is 1. The lowest BCUT2D eigenvalue weighted by Crippen LogP contribution is -2.52. The number of aliphatic imine (C=N–C) groups is 1. The minimum Gasteiger partial charge on any atom is -0.388 e. The highest BCUT2D eigenvalue weighted by Gasteiger charge is 2.53. The van der Waals surface area contributed by atoms with Crippen LogP contribution in [0.4, 0.5) is 13.2 Å². The fourth-order valence-electron chi connectivity index (χ4n) is 11.1. The lowest BCUT2D eigenvalue weighted by atomic mass is 9.66. The summed E-state index contributed by atoms with van der Waals surface area (Å²) >= 11 is 0. The van der Waals surface area contributed by atoms with Crippen LogP contribution in [-0.4, -0.2) is 70.3 Å². The van der Waals surface area contributed by atoms with Gasteiger partial charge in [0, 0.05) is 24.2 Å². The molecule has 0 radical (unpaired) electrons. The predicted octanol–water partition coefficient (Wildman–Crippen LogP) is 8.70. The first-order valence-electron chi connectivity index (χ1n) is 18.9. The van der Waals surface area contributed by atoms with Crippen molar-refractivity contribution in [2.45, 2.75) is 154 Å². The van der Waals surface area contributed by atoms with Gasteiger partial charge in [0.05, 0.1) is 24.1 Å². The van der Waals surface area contributed by atoms with Gasteiger partial charge in [-0.1, -0.05) is 38.0 Å². The van der Waals surface area contributed by atoms with Gasteiger partial charge in [0.2, 0.25) is 0 Å². The van der Waals surface area contributed by atoms with E-state index in [1.807, 2.05) is 0 Å². The minimum absolute atomic E-state index is 0.0234. The lowest BCUT2D eigenvalue weighted by molar-refractivity contribution is -0.204. The van der Waals surface area contributed by atoms with E-state index < -0.39 is 24.2 Å². The molecule has 2 saturated carbocycles. The highest BCUT2D eigenvalue weighted by Crippen LogP contribution is 2.50. The zero-order valence-electron chi connectivity index (χ0n) is 29.3. The van der Waals surface area contributed by atoms with Crippen molar-refractivity contribution in [3.8, 4) is 6.07 Å². The molecule has 5 nitrogen and oxygen atoms in total. The molecule has 0 aromatic carbocycles. The number of fused-ring (bicyclic) bond motifs is 1. The largest absolute Gasteiger partial charge is 0.393 e. The van der Waals surface area contributed by atoms with E-state index in [0.29, 0.717) is 54.5 Å². The van der Waals surface area contributed by atoms with Gasteiger partial charge >= 0.3 is 6.18 Å². The highest BCUT2D eigenvalue weighted by atomic mass is 19.4. The molecule has 6 aliphatic rings. The van der Waals surface area contributed by atoms with Gasteiger partial charge in [-0.3, -0.25) is 14.8 Å². The maximum atomic E-state index is 14.5. The second-order valence-electron chi connectivity index (χ2n) is 16.7. The van der Waals surface area contributed by atoms with Gasteiger partial charge in [-0.25, -0.2) is 0 Å². The van der Waals surface area contributed by atoms with Crippen molar-refractivity contribution in [2.75, 3.05) is 13.1 Å². The van der Waals surface area contributed by atoms with Crippen LogP contribution in [0.3, 0.4) is 0 Å². The number of aliphatic hydroxyl groups excluding tert-OH is 1. The predicted molar refractivity (Wildman–Crippen MR) is 182 cm³/mol. The van der Waals surface area contributed by atoms with Crippen molar-refractivity contribution >= 4 is 5.71 Å². The number of nitriles is 1. The first-order valence-corrected chi connectivity index (χ1v) is 18.9. The number of nitrogens with zero attached hydrogens (tertiary/aromatic N) is 4. The number of halogens is 3. The van der Waals surface area contributed by atoms with Crippen molar-refractivity contribution in [3.63, 3.8) is 0 Å². The van der Waals surface area contributed by atoms with Crippen LogP contribution in [0, 0.1) is 52.8 Å². The van der Waals surface area contributed by atoms with Crippen LogP contribution in [0.25, 0.3) is 0 Å². The van der Waals surface area contributed by atoms with Crippen LogP contribution in [0.15, 0.2) is 28.3 Å². The zero-order valence-corrected chi connectivity index (χ0v) is 29.3.